The van der Waals surface area contributed by atoms with Crippen molar-refractivity contribution < 1.29 is 24.2 Å². The van der Waals surface area contributed by atoms with Gasteiger partial charge in [-0.05, 0) is 42.5 Å². The van der Waals surface area contributed by atoms with Crippen LogP contribution in [0.25, 0.3) is 0 Å². The molecule has 0 fully saturated rings. The van der Waals surface area contributed by atoms with Crippen LogP contribution in [0.4, 0.5) is 0 Å². The van der Waals surface area contributed by atoms with E-state index in [1.54, 1.807) is 18.2 Å². The van der Waals surface area contributed by atoms with Crippen LogP contribution in [-0.4, -0.2) is 30.1 Å². The molecule has 0 aromatic heterocycles. The number of carbonyl (C=O) groups excluding carboxylic acids is 2. The molecule has 0 saturated carbocycles. The van der Waals surface area contributed by atoms with Crippen LogP contribution in [0, 0.1) is 0 Å². The van der Waals surface area contributed by atoms with E-state index in [0.29, 0.717) is 24.2 Å². The lowest BCUT2D eigenvalue weighted by Crippen LogP contribution is -2.12. The molecule has 1 N–H and O–H groups in total. The van der Waals surface area contributed by atoms with E-state index >= 15 is 0 Å². The molecule has 0 spiro atoms. The number of Topliss-reactive ketones (excluding diaryl/α,β-unsaturated/α-hetero) is 1. The fourth-order valence-corrected chi connectivity index (χ4v) is 2.43. The number of aliphatic hydroxyl groups excluding tert-OH is 1. The quantitative estimate of drug-likeness (QED) is 0.460. The number of rotatable bonds is 12. The summed E-state index contributed by atoms with van der Waals surface area (Å²) in [6.45, 7) is 7.38. The molecule has 138 valence electrons. The van der Waals surface area contributed by atoms with E-state index in [2.05, 4.69) is 13.5 Å². The minimum absolute atomic E-state index is 0.0123. The number of unbranched alkanes of at least 4 members (excludes halogenated alkanes) is 1. The maximum Gasteiger partial charge on any atom is 0.303 e. The third-order valence-electron chi connectivity index (χ3n) is 3.76. The number of esters is 1. The molecule has 0 radical (unpaired) electrons. The first-order valence-corrected chi connectivity index (χ1v) is 8.69. The Kier molecular flexibility index (Phi) is 9.55. The van der Waals surface area contributed by atoms with Gasteiger partial charge in [-0.25, -0.2) is 0 Å². The summed E-state index contributed by atoms with van der Waals surface area (Å²) >= 11 is 0. The van der Waals surface area contributed by atoms with Crippen LogP contribution in [0.3, 0.4) is 0 Å². The molecule has 0 bridgehead atoms. The van der Waals surface area contributed by atoms with E-state index in [9.17, 15) is 9.59 Å². The molecule has 0 aliphatic carbocycles. The number of hydrogen-bond donors (Lipinski definition) is 1. The monoisotopic (exact) mass is 348 g/mol. The third-order valence-corrected chi connectivity index (χ3v) is 3.76. The molecule has 1 aromatic rings. The van der Waals surface area contributed by atoms with Gasteiger partial charge >= 0.3 is 5.97 Å². The van der Waals surface area contributed by atoms with Gasteiger partial charge in [-0.15, -0.1) is 0 Å². The summed E-state index contributed by atoms with van der Waals surface area (Å²) in [7, 11) is 0. The van der Waals surface area contributed by atoms with Gasteiger partial charge in [0.15, 0.2) is 5.78 Å². The number of aliphatic hydroxyl groups is 1. The highest BCUT2D eigenvalue weighted by molar-refractivity contribution is 5.94. The normalized spacial score (nSPS) is 11.6. The molecule has 25 heavy (non-hydrogen) atoms. The molecule has 1 aromatic carbocycles. The first kappa shape index (κ1) is 20.9. The molecule has 0 saturated heterocycles. The summed E-state index contributed by atoms with van der Waals surface area (Å²) < 4.78 is 10.8. The van der Waals surface area contributed by atoms with E-state index in [0.717, 1.165) is 18.4 Å². The lowest BCUT2D eigenvalue weighted by Gasteiger charge is -2.18. The molecule has 5 nitrogen and oxygen atoms in total. The van der Waals surface area contributed by atoms with Crippen molar-refractivity contribution in [3.8, 4) is 5.75 Å². The van der Waals surface area contributed by atoms with E-state index in [1.807, 2.05) is 6.07 Å². The fraction of sp³-hybridized carbons (Fsp3) is 0.500. The lowest BCUT2D eigenvalue weighted by atomic mass is 9.98. The second-order valence-electron chi connectivity index (χ2n) is 5.91. The minimum atomic E-state index is -0.516. The van der Waals surface area contributed by atoms with Gasteiger partial charge in [0.1, 0.15) is 18.5 Å². The topological polar surface area (TPSA) is 72.8 Å². The van der Waals surface area contributed by atoms with Crippen LogP contribution in [0.5, 0.6) is 5.75 Å². The fourth-order valence-electron chi connectivity index (χ4n) is 2.43. The van der Waals surface area contributed by atoms with Crippen molar-refractivity contribution in [3.63, 3.8) is 0 Å². The number of ketones is 1. The number of ether oxygens (including phenoxy) is 2. The van der Waals surface area contributed by atoms with Crippen molar-refractivity contribution in [1.82, 2.24) is 0 Å². The Morgan fingerprint density at radius 2 is 2.04 bits per heavy atom. The smallest absolute Gasteiger partial charge is 0.303 e. The number of benzene rings is 1. The Labute approximate surface area is 149 Å². The second kappa shape index (κ2) is 11.4. The van der Waals surface area contributed by atoms with Crippen LogP contribution in [0.15, 0.2) is 36.4 Å². The van der Waals surface area contributed by atoms with Crippen molar-refractivity contribution in [1.29, 1.82) is 0 Å². The molecule has 5 heteroatoms. The van der Waals surface area contributed by atoms with Gasteiger partial charge < -0.3 is 14.6 Å². The summed E-state index contributed by atoms with van der Waals surface area (Å²) in [6.07, 6.45) is 2.83. The molecule has 0 heterocycles. The zero-order valence-electron chi connectivity index (χ0n) is 15.1. The van der Waals surface area contributed by atoms with Gasteiger partial charge in [-0.1, -0.05) is 32.1 Å². The SMILES string of the molecule is C=C(CCCC)C(=O)CC[C@H](OC(C)=O)c1cccc(OCCO)c1. The van der Waals surface area contributed by atoms with Gasteiger partial charge in [0.05, 0.1) is 6.61 Å². The molecule has 1 rings (SSSR count). The Balaban J connectivity index is 2.75. The molecule has 0 unspecified atom stereocenters. The molecule has 0 aliphatic rings. The molecule has 0 aliphatic heterocycles. The van der Waals surface area contributed by atoms with Crippen molar-refractivity contribution in [3.05, 3.63) is 42.0 Å². The van der Waals surface area contributed by atoms with Crippen molar-refractivity contribution in [2.75, 3.05) is 13.2 Å². The molecular weight excluding hydrogens is 320 g/mol. The minimum Gasteiger partial charge on any atom is -0.491 e. The average molecular weight is 348 g/mol. The predicted octanol–water partition coefficient (Wildman–Crippen LogP) is 3.76. The van der Waals surface area contributed by atoms with Crippen LogP contribution >= 0.6 is 0 Å². The van der Waals surface area contributed by atoms with Crippen molar-refractivity contribution in [2.45, 2.75) is 52.1 Å². The maximum atomic E-state index is 12.2. The largest absolute Gasteiger partial charge is 0.491 e. The average Bonchev–Trinajstić information content (AvgIpc) is 2.60. The van der Waals surface area contributed by atoms with Crippen LogP contribution in [-0.2, 0) is 14.3 Å². The Bertz CT molecular complexity index is 579. The summed E-state index contributed by atoms with van der Waals surface area (Å²) in [5, 5.41) is 8.84. The van der Waals surface area contributed by atoms with Crippen molar-refractivity contribution in [2.24, 2.45) is 0 Å². The molecule has 1 atom stereocenters. The van der Waals surface area contributed by atoms with Crippen LogP contribution in [0.1, 0.15) is 57.6 Å². The van der Waals surface area contributed by atoms with Crippen LogP contribution in [0.2, 0.25) is 0 Å². The van der Waals surface area contributed by atoms with Gasteiger partial charge in [-0.2, -0.15) is 0 Å². The van der Waals surface area contributed by atoms with Gasteiger partial charge in [0, 0.05) is 13.3 Å². The zero-order valence-corrected chi connectivity index (χ0v) is 15.1. The Morgan fingerprint density at radius 3 is 2.68 bits per heavy atom. The second-order valence-corrected chi connectivity index (χ2v) is 5.91. The third kappa shape index (κ3) is 7.98. The molecule has 0 amide bonds. The highest BCUT2D eigenvalue weighted by Gasteiger charge is 2.18. The summed E-state index contributed by atoms with van der Waals surface area (Å²) in [6, 6.07) is 7.15. The standard InChI is InChI=1S/C20H28O5/c1-4-5-7-15(2)19(23)10-11-20(25-16(3)22)17-8-6-9-18(14-17)24-13-12-21/h6,8-9,14,20-21H,2,4-5,7,10-13H2,1,3H3/t20-/m0/s1. The van der Waals surface area contributed by atoms with E-state index in [4.69, 9.17) is 14.6 Å². The first-order valence-electron chi connectivity index (χ1n) is 8.69. The zero-order chi connectivity index (χ0) is 18.7. The van der Waals surface area contributed by atoms with E-state index in [1.165, 1.54) is 6.92 Å². The van der Waals surface area contributed by atoms with E-state index < -0.39 is 12.1 Å². The van der Waals surface area contributed by atoms with Crippen LogP contribution < -0.4 is 4.74 Å². The van der Waals surface area contributed by atoms with Gasteiger partial charge in [0.2, 0.25) is 0 Å². The van der Waals surface area contributed by atoms with E-state index in [-0.39, 0.29) is 25.4 Å². The van der Waals surface area contributed by atoms with Gasteiger partial charge in [-0.3, -0.25) is 9.59 Å². The van der Waals surface area contributed by atoms with Crippen molar-refractivity contribution >= 4 is 11.8 Å². The first-order chi connectivity index (χ1) is 12.0. The summed E-state index contributed by atoms with van der Waals surface area (Å²) in [5.41, 5.74) is 1.39. The summed E-state index contributed by atoms with van der Waals surface area (Å²) in [5.74, 6) is 0.199. The number of carbonyl (C=O) groups is 2. The predicted molar refractivity (Wildman–Crippen MR) is 96.4 cm³/mol. The molecular formula is C20H28O5. The number of hydrogen-bond acceptors (Lipinski definition) is 5. The number of allylic oxidation sites excluding steroid dienone is 1. The Morgan fingerprint density at radius 1 is 1.28 bits per heavy atom. The highest BCUT2D eigenvalue weighted by atomic mass is 16.5. The Hall–Kier alpha value is -2.14. The lowest BCUT2D eigenvalue weighted by molar-refractivity contribution is -0.147. The summed E-state index contributed by atoms with van der Waals surface area (Å²) in [4.78, 5) is 23.6. The maximum absolute atomic E-state index is 12.2. The highest BCUT2D eigenvalue weighted by Crippen LogP contribution is 2.27. The van der Waals surface area contributed by atoms with Gasteiger partial charge in [0.25, 0.3) is 0 Å².